The van der Waals surface area contributed by atoms with E-state index < -0.39 is 69.9 Å². The molecule has 0 radical (unpaired) electrons. The molecule has 0 amide bonds. The largest absolute Gasteiger partial charge is 0.478 e. The van der Waals surface area contributed by atoms with Gasteiger partial charge < -0.3 is 25.3 Å². The maximum absolute atomic E-state index is 12.1. The van der Waals surface area contributed by atoms with Crippen molar-refractivity contribution < 1.29 is 50.2 Å². The fourth-order valence-electron chi connectivity index (χ4n) is 4.54. The van der Waals surface area contributed by atoms with E-state index in [1.54, 1.807) is 0 Å². The van der Waals surface area contributed by atoms with Gasteiger partial charge in [0.25, 0.3) is 20.2 Å². The molecule has 0 aromatic heterocycles. The second-order valence-electron chi connectivity index (χ2n) is 9.10. The highest BCUT2D eigenvalue weighted by Crippen LogP contribution is 2.45. The van der Waals surface area contributed by atoms with Crippen LogP contribution in [0.15, 0.2) is 56.7 Å². The number of nitrogens with two attached hydrogens (primary N) is 1. The topological polar surface area (TPSA) is 250 Å². The quantitative estimate of drug-likeness (QED) is 0.0922. The highest BCUT2D eigenvalue weighted by atomic mass is 32.2. The summed E-state index contributed by atoms with van der Waals surface area (Å²) in [7, 11) is -10.3. The minimum atomic E-state index is -5.15. The molecule has 0 spiro atoms. The van der Waals surface area contributed by atoms with Gasteiger partial charge in [-0.2, -0.15) is 16.8 Å². The SMILES string of the molecule is CCN(CC)CC.N=c1ccc2c(-c3ccc(C(=O)O)cc3C(=O)O)c3ccc(N)c(S(=O)(=O)O)c3oc-2c1S(=O)(=O)O. The molecule has 0 fully saturated rings. The first-order chi connectivity index (χ1) is 20.0. The van der Waals surface area contributed by atoms with Crippen LogP contribution in [-0.4, -0.2) is 72.6 Å². The molecule has 16 heteroatoms. The molecular weight excluding hydrogens is 606 g/mol. The molecule has 230 valence electrons. The first kappa shape index (κ1) is 33.2. The Balaban J connectivity index is 0.000000646. The average molecular weight is 636 g/mol. The molecule has 2 aromatic carbocycles. The van der Waals surface area contributed by atoms with Crippen LogP contribution in [0.1, 0.15) is 41.5 Å². The number of nitrogens with zero attached hydrogens (tertiary/aromatic N) is 1. The third-order valence-corrected chi connectivity index (χ3v) is 8.48. The normalized spacial score (nSPS) is 11.9. The van der Waals surface area contributed by atoms with E-state index in [9.17, 15) is 45.7 Å². The van der Waals surface area contributed by atoms with Gasteiger partial charge in [0.1, 0.15) is 0 Å². The van der Waals surface area contributed by atoms with Gasteiger partial charge >= 0.3 is 11.9 Å². The minimum absolute atomic E-state index is 0.157. The maximum Gasteiger partial charge on any atom is 0.336 e. The third-order valence-electron chi connectivity index (χ3n) is 6.62. The predicted octanol–water partition coefficient (Wildman–Crippen LogP) is 3.50. The van der Waals surface area contributed by atoms with Gasteiger partial charge in [0, 0.05) is 16.5 Å². The van der Waals surface area contributed by atoms with Crippen LogP contribution in [0.2, 0.25) is 0 Å². The Labute approximate surface area is 246 Å². The van der Waals surface area contributed by atoms with Crippen molar-refractivity contribution >= 4 is 48.8 Å². The smallest absolute Gasteiger partial charge is 0.336 e. The number of fused-ring (bicyclic) bond motifs is 2. The van der Waals surface area contributed by atoms with Crippen molar-refractivity contribution in [3.05, 3.63) is 58.9 Å². The summed E-state index contributed by atoms with van der Waals surface area (Å²) in [4.78, 5) is 23.8. The zero-order chi connectivity index (χ0) is 32.4. The van der Waals surface area contributed by atoms with Crippen LogP contribution in [0.4, 0.5) is 5.69 Å². The van der Waals surface area contributed by atoms with E-state index in [4.69, 9.17) is 15.6 Å². The van der Waals surface area contributed by atoms with Crippen LogP contribution < -0.4 is 11.1 Å². The third kappa shape index (κ3) is 6.68. The summed E-state index contributed by atoms with van der Waals surface area (Å²) in [5.74, 6) is -3.75. The molecule has 0 unspecified atom stereocenters. The van der Waals surface area contributed by atoms with Gasteiger partial charge in [-0.05, 0) is 61.6 Å². The first-order valence-corrected chi connectivity index (χ1v) is 15.5. The Bertz CT molecular complexity index is 1980. The number of carboxylic acids is 2. The summed E-state index contributed by atoms with van der Waals surface area (Å²) >= 11 is 0. The molecule has 0 saturated carbocycles. The number of rotatable bonds is 8. The summed E-state index contributed by atoms with van der Waals surface area (Å²) in [6.45, 7) is 10.1. The predicted molar refractivity (Wildman–Crippen MR) is 156 cm³/mol. The standard InChI is InChI=1S/C21H14N2O11S2.C6H15N/c22-13-5-3-10-15(9-2-1-8(20(24)25)7-12(9)21(26)27)11-4-6-14(23)19(36(31,32)33)17(11)34-16(10)18(13)35(28,29)30;1-4-7(5-2)6-3/h1-7,22H,23H2,(H,24,25)(H,26,27)(H,28,29,30)(H,31,32,33);4-6H2,1-3H3. The van der Waals surface area contributed by atoms with E-state index >= 15 is 0 Å². The Kier molecular flexibility index (Phi) is 9.63. The monoisotopic (exact) mass is 635 g/mol. The molecule has 0 atom stereocenters. The average Bonchev–Trinajstić information content (AvgIpc) is 2.91. The molecular formula is C27H29N3O11S2. The van der Waals surface area contributed by atoms with Crippen molar-refractivity contribution in [3.63, 3.8) is 0 Å². The number of carbonyl (C=O) groups is 2. The molecule has 2 aromatic rings. The molecule has 1 aliphatic heterocycles. The summed E-state index contributed by atoms with van der Waals surface area (Å²) < 4.78 is 73.6. The zero-order valence-corrected chi connectivity index (χ0v) is 24.8. The van der Waals surface area contributed by atoms with E-state index in [0.29, 0.717) is 0 Å². The molecule has 43 heavy (non-hydrogen) atoms. The lowest BCUT2D eigenvalue weighted by molar-refractivity contribution is 0.0696. The number of hydrogen-bond donors (Lipinski definition) is 6. The Morgan fingerprint density at radius 2 is 1.40 bits per heavy atom. The van der Waals surface area contributed by atoms with Crippen LogP contribution in [0, 0.1) is 5.41 Å². The second kappa shape index (κ2) is 12.5. The van der Waals surface area contributed by atoms with E-state index in [2.05, 4.69) is 25.7 Å². The van der Waals surface area contributed by atoms with Crippen molar-refractivity contribution in [1.29, 1.82) is 5.41 Å². The number of carboxylic acid groups (broad SMARTS) is 2. The van der Waals surface area contributed by atoms with Crippen molar-refractivity contribution in [2.45, 2.75) is 30.6 Å². The maximum atomic E-state index is 12.1. The van der Waals surface area contributed by atoms with Crippen molar-refractivity contribution in [2.24, 2.45) is 0 Å². The number of benzene rings is 3. The van der Waals surface area contributed by atoms with Crippen molar-refractivity contribution in [2.75, 3.05) is 25.4 Å². The van der Waals surface area contributed by atoms with Crippen LogP contribution in [-0.2, 0) is 20.2 Å². The zero-order valence-electron chi connectivity index (χ0n) is 23.2. The Hall–Kier alpha value is -4.35. The van der Waals surface area contributed by atoms with Crippen molar-refractivity contribution in [1.82, 2.24) is 4.90 Å². The van der Waals surface area contributed by atoms with Crippen LogP contribution in [0.25, 0.3) is 33.4 Å². The van der Waals surface area contributed by atoms with E-state index in [1.165, 1.54) is 31.8 Å². The highest BCUT2D eigenvalue weighted by molar-refractivity contribution is 7.86. The van der Waals surface area contributed by atoms with Crippen molar-refractivity contribution in [3.8, 4) is 22.5 Å². The highest BCUT2D eigenvalue weighted by Gasteiger charge is 2.31. The molecule has 1 aliphatic carbocycles. The lowest BCUT2D eigenvalue weighted by atomic mass is 9.89. The number of hydrogen-bond acceptors (Lipinski definition) is 10. The van der Waals surface area contributed by atoms with Gasteiger partial charge in [-0.15, -0.1) is 0 Å². The fraction of sp³-hybridized carbons (Fsp3) is 0.222. The second-order valence-corrected chi connectivity index (χ2v) is 11.8. The number of nitrogen functional groups attached to an aromatic ring is 1. The Morgan fingerprint density at radius 1 is 0.837 bits per heavy atom. The lowest BCUT2D eigenvalue weighted by Gasteiger charge is -2.20. The summed E-state index contributed by atoms with van der Waals surface area (Å²) in [6.07, 6.45) is 0. The molecule has 14 nitrogen and oxygen atoms in total. The minimum Gasteiger partial charge on any atom is -0.478 e. The van der Waals surface area contributed by atoms with Crippen LogP contribution in [0.5, 0.6) is 0 Å². The number of anilines is 1. The number of nitrogens with one attached hydrogen (secondary N) is 1. The van der Waals surface area contributed by atoms with E-state index in [-0.39, 0.29) is 27.6 Å². The molecule has 1 heterocycles. The van der Waals surface area contributed by atoms with E-state index in [1.807, 2.05) is 0 Å². The molecule has 0 saturated heterocycles. The summed E-state index contributed by atoms with van der Waals surface area (Å²) in [6, 6.07) is 7.45. The van der Waals surface area contributed by atoms with Crippen LogP contribution in [0.3, 0.4) is 0 Å². The number of aromatic carboxylic acids is 2. The molecule has 4 rings (SSSR count). The first-order valence-electron chi connectivity index (χ1n) is 12.6. The van der Waals surface area contributed by atoms with Gasteiger partial charge in [0.05, 0.1) is 22.2 Å². The van der Waals surface area contributed by atoms with Crippen LogP contribution >= 0.6 is 0 Å². The van der Waals surface area contributed by atoms with Gasteiger partial charge in [0.2, 0.25) is 0 Å². The summed E-state index contributed by atoms with van der Waals surface area (Å²) in [5, 5.41) is 26.1. The lowest BCUT2D eigenvalue weighted by Crippen LogP contribution is -2.21. The fourth-order valence-corrected chi connectivity index (χ4v) is 6.02. The molecule has 0 bridgehead atoms. The van der Waals surface area contributed by atoms with Gasteiger partial charge in [-0.1, -0.05) is 26.8 Å². The van der Waals surface area contributed by atoms with Gasteiger partial charge in [-0.25, -0.2) is 9.59 Å². The molecule has 2 aliphatic rings. The Morgan fingerprint density at radius 3 is 1.86 bits per heavy atom. The van der Waals surface area contributed by atoms with E-state index in [0.717, 1.165) is 30.3 Å². The molecule has 7 N–H and O–H groups in total. The van der Waals surface area contributed by atoms with Gasteiger partial charge in [0.15, 0.2) is 21.1 Å². The summed E-state index contributed by atoms with van der Waals surface area (Å²) in [5.41, 5.74) is 3.05. The van der Waals surface area contributed by atoms with Gasteiger partial charge in [-0.3, -0.25) is 14.5 Å².